The number of halogens is 4. The van der Waals surface area contributed by atoms with Gasteiger partial charge < -0.3 is 10.4 Å². The molecule has 2 amide bonds. The van der Waals surface area contributed by atoms with E-state index in [1.807, 2.05) is 0 Å². The number of carboxylic acids is 1. The average Bonchev–Trinajstić information content (AvgIpc) is 3.29. The number of alkyl halides is 3. The summed E-state index contributed by atoms with van der Waals surface area (Å²) in [5.74, 6) is -5.08. The average molecular weight is 538 g/mol. The highest BCUT2D eigenvalue weighted by molar-refractivity contribution is 6.23. The molecule has 2 aliphatic heterocycles. The monoisotopic (exact) mass is 538 g/mol. The summed E-state index contributed by atoms with van der Waals surface area (Å²) in [4.78, 5) is 42.8. The summed E-state index contributed by atoms with van der Waals surface area (Å²) >= 11 is 0. The third-order valence-electron chi connectivity index (χ3n) is 6.27. The zero-order chi connectivity index (χ0) is 27.9. The quantitative estimate of drug-likeness (QED) is 0.423. The number of anilines is 1. The van der Waals surface area contributed by atoms with E-state index in [0.717, 1.165) is 30.3 Å². The number of nitrogens with zero attached hydrogens (tertiary/aromatic N) is 2. The van der Waals surface area contributed by atoms with Crippen molar-refractivity contribution in [3.05, 3.63) is 113 Å². The molecule has 3 N–H and O–H groups in total. The molecule has 0 saturated heterocycles. The molecule has 0 aliphatic carbocycles. The maximum atomic E-state index is 13.8. The van der Waals surface area contributed by atoms with Gasteiger partial charge >= 0.3 is 12.1 Å². The van der Waals surface area contributed by atoms with Crippen LogP contribution in [0.4, 0.5) is 23.2 Å². The predicted octanol–water partition coefficient (Wildman–Crippen LogP) is 4.03. The van der Waals surface area contributed by atoms with Gasteiger partial charge in [-0.05, 0) is 48.0 Å². The first-order valence-electron chi connectivity index (χ1n) is 11.5. The van der Waals surface area contributed by atoms with E-state index in [0.29, 0.717) is 11.8 Å². The first-order valence-corrected chi connectivity index (χ1v) is 11.5. The first-order chi connectivity index (χ1) is 18.5. The summed E-state index contributed by atoms with van der Waals surface area (Å²) < 4.78 is 53.4. The van der Waals surface area contributed by atoms with E-state index in [4.69, 9.17) is 0 Å². The highest BCUT2D eigenvalue weighted by atomic mass is 19.4. The fraction of sp³-hybridized carbons (Fsp3) is 0.111. The number of hydrazine groups is 1. The van der Waals surface area contributed by atoms with Gasteiger partial charge in [0.15, 0.2) is 5.84 Å². The predicted molar refractivity (Wildman–Crippen MR) is 131 cm³/mol. The molecule has 2 unspecified atom stereocenters. The molecule has 198 valence electrons. The van der Waals surface area contributed by atoms with Crippen molar-refractivity contribution in [1.82, 2.24) is 10.7 Å². The summed E-state index contributed by atoms with van der Waals surface area (Å²) in [5, 5.41) is 13.7. The van der Waals surface area contributed by atoms with Gasteiger partial charge in [-0.2, -0.15) is 18.2 Å². The van der Waals surface area contributed by atoms with Gasteiger partial charge in [0.05, 0.1) is 11.3 Å². The van der Waals surface area contributed by atoms with Crippen LogP contribution in [0.3, 0.4) is 0 Å². The number of amidine groups is 1. The maximum absolute atomic E-state index is 13.8. The number of carbonyl (C=O) groups excluding carboxylic acids is 2. The Kier molecular flexibility index (Phi) is 6.38. The van der Waals surface area contributed by atoms with Crippen LogP contribution in [0.25, 0.3) is 0 Å². The number of para-hydroxylation sites is 1. The number of hydrogen-bond acceptors (Lipinski definition) is 5. The lowest BCUT2D eigenvalue weighted by Gasteiger charge is -2.32. The zero-order valence-electron chi connectivity index (χ0n) is 19.7. The normalized spacial score (nSPS) is 18.8. The van der Waals surface area contributed by atoms with E-state index in [-0.39, 0.29) is 28.2 Å². The number of fused-ring (bicyclic) bond motifs is 1. The summed E-state index contributed by atoms with van der Waals surface area (Å²) in [6.45, 7) is 0. The number of carboxylic acid groups (broad SMARTS) is 1. The molecule has 0 radical (unpaired) electrons. The van der Waals surface area contributed by atoms with Gasteiger partial charge in [0, 0.05) is 17.1 Å². The lowest BCUT2D eigenvalue weighted by molar-refractivity contribution is -0.137. The van der Waals surface area contributed by atoms with E-state index >= 15 is 0 Å². The first kappa shape index (κ1) is 25.6. The second-order valence-corrected chi connectivity index (χ2v) is 8.71. The van der Waals surface area contributed by atoms with Crippen molar-refractivity contribution in [3.8, 4) is 0 Å². The Labute approximate surface area is 218 Å². The molecular formula is C27H18F4N4O4. The van der Waals surface area contributed by atoms with Crippen molar-refractivity contribution in [2.45, 2.75) is 18.1 Å². The summed E-state index contributed by atoms with van der Waals surface area (Å²) in [6, 6.07) is 15.4. The Morgan fingerprint density at radius 2 is 1.67 bits per heavy atom. The number of aliphatic imine (C=N–C) groups is 1. The van der Waals surface area contributed by atoms with Gasteiger partial charge in [-0.25, -0.2) is 14.2 Å². The molecule has 12 heteroatoms. The van der Waals surface area contributed by atoms with Crippen LogP contribution in [0.15, 0.2) is 95.1 Å². The SMILES string of the molecule is O=C(O)C1=C2C(=NC(=O)C(NC(=O)c3cccc(C(F)(F)F)c3)C2c2ccc(F)cc2)N(c2ccccc2)N1. The molecule has 2 heterocycles. The fourth-order valence-electron chi connectivity index (χ4n) is 4.51. The number of benzene rings is 3. The van der Waals surface area contributed by atoms with Gasteiger partial charge in [0.25, 0.3) is 11.8 Å². The molecule has 2 atom stereocenters. The standard InChI is InChI=1S/C27H18F4N4O4/c28-17-11-9-14(10-12-17)19-20-22(26(38)39)34-35(18-7-2-1-3-8-18)23(20)33-25(37)21(19)32-24(36)15-5-4-6-16(13-15)27(29,30)31/h1-13,19,21,34H,(H,32,36)(H,38,39). The molecule has 3 aromatic carbocycles. The van der Waals surface area contributed by atoms with Gasteiger partial charge in [-0.3, -0.25) is 15.0 Å². The van der Waals surface area contributed by atoms with E-state index in [2.05, 4.69) is 15.7 Å². The minimum absolute atomic E-state index is 0.0342. The number of rotatable bonds is 5. The maximum Gasteiger partial charge on any atom is 0.416 e. The van der Waals surface area contributed by atoms with Crippen molar-refractivity contribution in [3.63, 3.8) is 0 Å². The number of carbonyl (C=O) groups is 3. The van der Waals surface area contributed by atoms with E-state index in [1.165, 1.54) is 17.1 Å². The van der Waals surface area contributed by atoms with E-state index in [9.17, 15) is 37.1 Å². The third kappa shape index (κ3) is 4.83. The fourth-order valence-corrected chi connectivity index (χ4v) is 4.51. The van der Waals surface area contributed by atoms with Crippen LogP contribution in [0, 0.1) is 5.82 Å². The summed E-state index contributed by atoms with van der Waals surface area (Å²) in [7, 11) is 0. The molecule has 5 rings (SSSR count). The van der Waals surface area contributed by atoms with Crippen LogP contribution in [0.2, 0.25) is 0 Å². The molecule has 0 bridgehead atoms. The lowest BCUT2D eigenvalue weighted by Crippen LogP contribution is -2.50. The topological polar surface area (TPSA) is 111 Å². The van der Waals surface area contributed by atoms with Crippen LogP contribution in [0.5, 0.6) is 0 Å². The second kappa shape index (κ2) is 9.71. The van der Waals surface area contributed by atoms with E-state index < -0.39 is 47.3 Å². The van der Waals surface area contributed by atoms with Gasteiger partial charge in [-0.1, -0.05) is 36.4 Å². The van der Waals surface area contributed by atoms with Crippen LogP contribution < -0.4 is 15.8 Å². The van der Waals surface area contributed by atoms with Crippen molar-refractivity contribution in [1.29, 1.82) is 0 Å². The molecule has 0 saturated carbocycles. The highest BCUT2D eigenvalue weighted by Gasteiger charge is 2.47. The number of aliphatic carboxylic acids is 1. The minimum atomic E-state index is -4.70. The number of amides is 2. The molecule has 2 aliphatic rings. The Morgan fingerprint density at radius 1 is 0.974 bits per heavy atom. The molecule has 39 heavy (non-hydrogen) atoms. The molecule has 0 aromatic heterocycles. The lowest BCUT2D eigenvalue weighted by atomic mass is 9.80. The third-order valence-corrected chi connectivity index (χ3v) is 6.27. The largest absolute Gasteiger partial charge is 0.477 e. The van der Waals surface area contributed by atoms with Crippen molar-refractivity contribution < 1.29 is 37.1 Å². The van der Waals surface area contributed by atoms with Crippen molar-refractivity contribution >= 4 is 29.3 Å². The zero-order valence-corrected chi connectivity index (χ0v) is 19.7. The minimum Gasteiger partial charge on any atom is -0.477 e. The number of nitrogens with one attached hydrogen (secondary N) is 2. The number of hydrogen-bond donors (Lipinski definition) is 3. The van der Waals surface area contributed by atoms with Crippen LogP contribution in [-0.4, -0.2) is 34.8 Å². The van der Waals surface area contributed by atoms with Gasteiger partial charge in [0.1, 0.15) is 17.6 Å². The Bertz CT molecular complexity index is 1540. The molecule has 8 nitrogen and oxygen atoms in total. The van der Waals surface area contributed by atoms with Crippen LogP contribution in [0.1, 0.15) is 27.4 Å². The van der Waals surface area contributed by atoms with Crippen molar-refractivity contribution in [2.24, 2.45) is 4.99 Å². The molecule has 0 spiro atoms. The van der Waals surface area contributed by atoms with Gasteiger partial charge in [-0.15, -0.1) is 0 Å². The van der Waals surface area contributed by atoms with Crippen LogP contribution in [-0.2, 0) is 15.8 Å². The Balaban J connectivity index is 1.61. The Morgan fingerprint density at radius 3 is 2.31 bits per heavy atom. The smallest absolute Gasteiger partial charge is 0.416 e. The highest BCUT2D eigenvalue weighted by Crippen LogP contribution is 2.39. The van der Waals surface area contributed by atoms with Crippen LogP contribution >= 0.6 is 0 Å². The molecule has 3 aromatic rings. The Hall–Kier alpha value is -5.00. The summed E-state index contributed by atoms with van der Waals surface area (Å²) in [5.41, 5.74) is 1.73. The van der Waals surface area contributed by atoms with Gasteiger partial charge in [0.2, 0.25) is 0 Å². The van der Waals surface area contributed by atoms with Crippen molar-refractivity contribution in [2.75, 3.05) is 5.01 Å². The molecular weight excluding hydrogens is 520 g/mol. The van der Waals surface area contributed by atoms with E-state index in [1.54, 1.807) is 30.3 Å². The second-order valence-electron chi connectivity index (χ2n) is 8.71. The molecule has 0 fully saturated rings. The summed E-state index contributed by atoms with van der Waals surface area (Å²) in [6.07, 6.45) is -4.70.